The number of benzene rings is 1. The average molecular weight is 295 g/mol. The molecule has 2 N–H and O–H groups in total. The fourth-order valence-electron chi connectivity index (χ4n) is 1.45. The second-order valence-electron chi connectivity index (χ2n) is 3.67. The summed E-state index contributed by atoms with van der Waals surface area (Å²) < 4.78 is 0.977. The molecule has 88 valence electrons. The Morgan fingerprint density at radius 3 is 2.71 bits per heavy atom. The highest BCUT2D eigenvalue weighted by atomic mass is 79.9. The number of hydrogen-bond acceptors (Lipinski definition) is 3. The summed E-state index contributed by atoms with van der Waals surface area (Å²) in [7, 11) is 0. The van der Waals surface area contributed by atoms with E-state index in [9.17, 15) is 4.79 Å². The Labute approximate surface area is 107 Å². The van der Waals surface area contributed by atoms with Gasteiger partial charge in [0.15, 0.2) is 5.69 Å². The number of halogens is 1. The normalized spacial score (nSPS) is 10.3. The average Bonchev–Trinajstić information content (AvgIpc) is 2.68. The zero-order valence-electron chi connectivity index (χ0n) is 9.41. The quantitative estimate of drug-likeness (QED) is 0.894. The number of carbonyl (C=O) groups excluding carboxylic acids is 1. The van der Waals surface area contributed by atoms with E-state index in [-0.39, 0.29) is 5.91 Å². The molecule has 0 saturated heterocycles. The third-order valence-corrected chi connectivity index (χ3v) is 2.87. The van der Waals surface area contributed by atoms with Crippen molar-refractivity contribution in [1.82, 2.24) is 15.4 Å². The van der Waals surface area contributed by atoms with Crippen LogP contribution in [0.15, 0.2) is 22.7 Å². The molecule has 0 unspecified atom stereocenters. The number of aryl methyl sites for hydroxylation is 2. The predicted molar refractivity (Wildman–Crippen MR) is 68.0 cm³/mol. The molecule has 1 amide bonds. The Morgan fingerprint density at radius 2 is 2.12 bits per heavy atom. The summed E-state index contributed by atoms with van der Waals surface area (Å²) in [6.07, 6.45) is 0. The van der Waals surface area contributed by atoms with Crippen molar-refractivity contribution in [3.05, 3.63) is 39.6 Å². The van der Waals surface area contributed by atoms with Crippen LogP contribution in [0.25, 0.3) is 0 Å². The number of rotatable bonds is 2. The SMILES string of the molecule is Cc1cc(Br)ccc1NC(=O)c1n[nH]nc1C. The van der Waals surface area contributed by atoms with Gasteiger partial charge in [0, 0.05) is 10.2 Å². The second-order valence-corrected chi connectivity index (χ2v) is 4.59. The zero-order chi connectivity index (χ0) is 12.4. The monoisotopic (exact) mass is 294 g/mol. The summed E-state index contributed by atoms with van der Waals surface area (Å²) in [5, 5.41) is 12.8. The summed E-state index contributed by atoms with van der Waals surface area (Å²) in [6, 6.07) is 5.65. The third-order valence-electron chi connectivity index (χ3n) is 2.37. The van der Waals surface area contributed by atoms with Gasteiger partial charge in [0.1, 0.15) is 0 Å². The molecule has 0 radical (unpaired) electrons. The lowest BCUT2D eigenvalue weighted by molar-refractivity contribution is 0.102. The number of H-pyrrole nitrogens is 1. The molecule has 1 aromatic carbocycles. The van der Waals surface area contributed by atoms with Crippen LogP contribution < -0.4 is 5.32 Å². The van der Waals surface area contributed by atoms with Gasteiger partial charge < -0.3 is 5.32 Å². The Hall–Kier alpha value is -1.69. The van der Waals surface area contributed by atoms with Gasteiger partial charge >= 0.3 is 0 Å². The number of anilines is 1. The van der Waals surface area contributed by atoms with Crippen molar-refractivity contribution < 1.29 is 4.79 Å². The van der Waals surface area contributed by atoms with E-state index in [1.165, 1.54) is 0 Å². The van der Waals surface area contributed by atoms with Gasteiger partial charge in [0.2, 0.25) is 0 Å². The molecule has 0 aliphatic rings. The Bertz CT molecular complexity index is 564. The minimum atomic E-state index is -0.262. The summed E-state index contributed by atoms with van der Waals surface area (Å²) >= 11 is 3.37. The van der Waals surface area contributed by atoms with E-state index in [4.69, 9.17) is 0 Å². The highest BCUT2D eigenvalue weighted by Gasteiger charge is 2.14. The molecule has 5 nitrogen and oxygen atoms in total. The van der Waals surface area contributed by atoms with Crippen LogP contribution in [0.3, 0.4) is 0 Å². The van der Waals surface area contributed by atoms with Crippen molar-refractivity contribution in [2.24, 2.45) is 0 Å². The minimum absolute atomic E-state index is 0.262. The second kappa shape index (κ2) is 4.67. The van der Waals surface area contributed by atoms with Gasteiger partial charge in [0.05, 0.1) is 5.69 Å². The van der Waals surface area contributed by atoms with E-state index >= 15 is 0 Å². The van der Waals surface area contributed by atoms with Crippen LogP contribution in [-0.2, 0) is 0 Å². The minimum Gasteiger partial charge on any atom is -0.320 e. The molecule has 2 rings (SSSR count). The van der Waals surface area contributed by atoms with E-state index in [1.54, 1.807) is 6.92 Å². The van der Waals surface area contributed by atoms with Crippen molar-refractivity contribution in [3.63, 3.8) is 0 Å². The number of hydrogen-bond donors (Lipinski definition) is 2. The molecule has 0 aliphatic heterocycles. The number of aromatic amines is 1. The molecule has 17 heavy (non-hydrogen) atoms. The van der Waals surface area contributed by atoms with Gasteiger partial charge in [-0.3, -0.25) is 4.79 Å². The summed E-state index contributed by atoms with van der Waals surface area (Å²) in [5.74, 6) is -0.262. The molecule has 1 heterocycles. The van der Waals surface area contributed by atoms with E-state index in [1.807, 2.05) is 25.1 Å². The molecule has 0 bridgehead atoms. The first-order chi connectivity index (χ1) is 8.08. The molecule has 1 aromatic heterocycles. The lowest BCUT2D eigenvalue weighted by Crippen LogP contribution is -2.14. The van der Waals surface area contributed by atoms with E-state index < -0.39 is 0 Å². The van der Waals surface area contributed by atoms with Crippen molar-refractivity contribution in [2.75, 3.05) is 5.32 Å². The summed E-state index contributed by atoms with van der Waals surface area (Å²) in [5.41, 5.74) is 2.64. The number of carbonyl (C=O) groups is 1. The van der Waals surface area contributed by atoms with Gasteiger partial charge in [-0.2, -0.15) is 15.4 Å². The van der Waals surface area contributed by atoms with Crippen LogP contribution in [0.5, 0.6) is 0 Å². The maximum atomic E-state index is 11.9. The first-order valence-electron chi connectivity index (χ1n) is 5.03. The van der Waals surface area contributed by atoms with Crippen molar-refractivity contribution in [2.45, 2.75) is 13.8 Å². The van der Waals surface area contributed by atoms with Gasteiger partial charge in [-0.15, -0.1) is 0 Å². The Kier molecular flexibility index (Phi) is 3.23. The number of amides is 1. The number of nitrogens with one attached hydrogen (secondary N) is 2. The first kappa shape index (κ1) is 11.8. The van der Waals surface area contributed by atoms with Crippen LogP contribution in [0.1, 0.15) is 21.7 Å². The van der Waals surface area contributed by atoms with Crippen LogP contribution in [-0.4, -0.2) is 21.3 Å². The zero-order valence-corrected chi connectivity index (χ0v) is 11.0. The molecule has 2 aromatic rings. The fraction of sp³-hybridized carbons (Fsp3) is 0.182. The van der Waals surface area contributed by atoms with Crippen molar-refractivity contribution in [1.29, 1.82) is 0 Å². The largest absolute Gasteiger partial charge is 0.320 e. The molecular formula is C11H11BrN4O. The van der Waals surface area contributed by atoms with E-state index in [0.29, 0.717) is 11.4 Å². The van der Waals surface area contributed by atoms with Crippen LogP contribution >= 0.6 is 15.9 Å². The predicted octanol–water partition coefficient (Wildman–Crippen LogP) is 2.44. The van der Waals surface area contributed by atoms with Crippen molar-refractivity contribution in [3.8, 4) is 0 Å². The topological polar surface area (TPSA) is 70.7 Å². The number of nitrogens with zero attached hydrogens (tertiary/aromatic N) is 2. The fourth-order valence-corrected chi connectivity index (χ4v) is 1.92. The van der Waals surface area contributed by atoms with Gasteiger partial charge in [-0.25, -0.2) is 0 Å². The van der Waals surface area contributed by atoms with Crippen LogP contribution in [0.4, 0.5) is 5.69 Å². The van der Waals surface area contributed by atoms with Crippen LogP contribution in [0.2, 0.25) is 0 Å². The number of aromatic nitrogens is 3. The maximum Gasteiger partial charge on any atom is 0.278 e. The van der Waals surface area contributed by atoms with Crippen LogP contribution in [0, 0.1) is 13.8 Å². The maximum absolute atomic E-state index is 11.9. The third kappa shape index (κ3) is 2.52. The lowest BCUT2D eigenvalue weighted by atomic mass is 10.2. The molecule has 0 aliphatic carbocycles. The van der Waals surface area contributed by atoms with Crippen molar-refractivity contribution >= 4 is 27.5 Å². The molecule has 6 heteroatoms. The molecular weight excluding hydrogens is 284 g/mol. The molecule has 0 fully saturated rings. The standard InChI is InChI=1S/C11H11BrN4O/c1-6-5-8(12)3-4-9(6)13-11(17)10-7(2)14-16-15-10/h3-5H,1-2H3,(H,13,17)(H,14,15,16). The molecule has 0 saturated carbocycles. The molecule has 0 atom stereocenters. The smallest absolute Gasteiger partial charge is 0.278 e. The summed E-state index contributed by atoms with van der Waals surface area (Å²) in [4.78, 5) is 11.9. The van der Waals surface area contributed by atoms with E-state index in [2.05, 4.69) is 36.7 Å². The summed E-state index contributed by atoms with van der Waals surface area (Å²) in [6.45, 7) is 3.66. The Morgan fingerprint density at radius 1 is 1.35 bits per heavy atom. The lowest BCUT2D eigenvalue weighted by Gasteiger charge is -2.07. The Balaban J connectivity index is 2.22. The van der Waals surface area contributed by atoms with Gasteiger partial charge in [0.25, 0.3) is 5.91 Å². The van der Waals surface area contributed by atoms with Gasteiger partial charge in [-0.05, 0) is 37.6 Å². The highest BCUT2D eigenvalue weighted by Crippen LogP contribution is 2.20. The first-order valence-corrected chi connectivity index (χ1v) is 5.82. The molecule has 0 spiro atoms. The van der Waals surface area contributed by atoms with Gasteiger partial charge in [-0.1, -0.05) is 15.9 Å². The highest BCUT2D eigenvalue weighted by molar-refractivity contribution is 9.10. The van der Waals surface area contributed by atoms with E-state index in [0.717, 1.165) is 15.7 Å².